The lowest BCUT2D eigenvalue weighted by molar-refractivity contribution is 0.441. The molecule has 2 rings (SSSR count). The monoisotopic (exact) mass is 312 g/mol. The third-order valence-corrected chi connectivity index (χ3v) is 4.61. The van der Waals surface area contributed by atoms with Crippen LogP contribution in [0.2, 0.25) is 0 Å². The van der Waals surface area contributed by atoms with E-state index in [2.05, 4.69) is 4.72 Å². The average Bonchev–Trinajstić information content (AvgIpc) is 2.81. The third kappa shape index (κ3) is 3.25. The maximum atomic E-state index is 13.5. The van der Waals surface area contributed by atoms with Gasteiger partial charge in [-0.3, -0.25) is 0 Å². The summed E-state index contributed by atoms with van der Waals surface area (Å²) >= 11 is 0. The Morgan fingerprint density at radius 3 is 2.48 bits per heavy atom. The second-order valence-corrected chi connectivity index (χ2v) is 6.65. The van der Waals surface area contributed by atoms with Crippen LogP contribution in [0.5, 0.6) is 0 Å². The molecule has 2 aromatic rings. The fourth-order valence-electron chi connectivity index (χ4n) is 1.96. The van der Waals surface area contributed by atoms with Crippen molar-refractivity contribution in [1.29, 1.82) is 0 Å². The van der Waals surface area contributed by atoms with Crippen LogP contribution < -0.4 is 10.5 Å². The van der Waals surface area contributed by atoms with Crippen molar-refractivity contribution >= 4 is 15.7 Å². The fraction of sp³-hybridized carbons (Fsp3) is 0.286. The number of nitrogens with one attached hydrogen (secondary N) is 1. The van der Waals surface area contributed by atoms with Gasteiger partial charge in [-0.2, -0.15) is 0 Å². The number of rotatable bonds is 4. The highest BCUT2D eigenvalue weighted by Gasteiger charge is 2.22. The molecule has 1 heterocycles. The van der Waals surface area contributed by atoms with E-state index in [-0.39, 0.29) is 16.1 Å². The van der Waals surface area contributed by atoms with Crippen molar-refractivity contribution in [1.82, 2.24) is 4.72 Å². The van der Waals surface area contributed by atoms with E-state index in [1.807, 2.05) is 0 Å². The molecular weight excluding hydrogens is 295 g/mol. The van der Waals surface area contributed by atoms with Crippen LogP contribution in [0.25, 0.3) is 0 Å². The summed E-state index contributed by atoms with van der Waals surface area (Å²) in [5.74, 6) is 0.587. The Labute approximate surface area is 123 Å². The standard InChI is InChI=1S/C14H17FN2O3S/c1-8-6-11(7-12(16)14(8)15)21(18,19)17-10(3)13-5-4-9(2)20-13/h4-7,10,17H,16H2,1-3H3. The van der Waals surface area contributed by atoms with Gasteiger partial charge in [-0.1, -0.05) is 0 Å². The van der Waals surface area contributed by atoms with Crippen molar-refractivity contribution in [3.05, 3.63) is 47.2 Å². The maximum Gasteiger partial charge on any atom is 0.241 e. The summed E-state index contributed by atoms with van der Waals surface area (Å²) in [6, 6.07) is 5.25. The van der Waals surface area contributed by atoms with Gasteiger partial charge in [0.25, 0.3) is 0 Å². The lowest BCUT2D eigenvalue weighted by Crippen LogP contribution is -2.27. The zero-order valence-electron chi connectivity index (χ0n) is 12.0. The van der Waals surface area contributed by atoms with Crippen molar-refractivity contribution in [2.75, 3.05) is 5.73 Å². The molecule has 0 amide bonds. The number of aryl methyl sites for hydroxylation is 2. The highest BCUT2D eigenvalue weighted by Crippen LogP contribution is 2.23. The molecular formula is C14H17FN2O3S. The van der Waals surface area contributed by atoms with Crippen molar-refractivity contribution in [2.24, 2.45) is 0 Å². The van der Waals surface area contributed by atoms with Gasteiger partial charge in [0, 0.05) is 0 Å². The first-order chi connectivity index (χ1) is 9.70. The molecule has 1 aromatic carbocycles. The molecule has 0 aliphatic carbocycles. The number of halogens is 1. The van der Waals surface area contributed by atoms with Crippen molar-refractivity contribution in [3.8, 4) is 0 Å². The number of sulfonamides is 1. The predicted octanol–water partition coefficient (Wildman–Crippen LogP) is 2.66. The molecule has 114 valence electrons. The number of nitrogen functional groups attached to an aromatic ring is 1. The molecule has 0 aliphatic heterocycles. The lowest BCUT2D eigenvalue weighted by Gasteiger charge is -2.13. The van der Waals surface area contributed by atoms with Crippen LogP contribution in [-0.4, -0.2) is 8.42 Å². The van der Waals surface area contributed by atoms with E-state index in [4.69, 9.17) is 10.2 Å². The molecule has 0 bridgehead atoms. The van der Waals surface area contributed by atoms with E-state index in [1.54, 1.807) is 26.0 Å². The maximum absolute atomic E-state index is 13.5. The first kappa shape index (κ1) is 15.5. The molecule has 0 fully saturated rings. The summed E-state index contributed by atoms with van der Waals surface area (Å²) in [7, 11) is -3.82. The zero-order chi connectivity index (χ0) is 15.8. The Balaban J connectivity index is 2.30. The summed E-state index contributed by atoms with van der Waals surface area (Å²) in [6.07, 6.45) is 0. The fourth-order valence-corrected chi connectivity index (χ4v) is 3.29. The van der Waals surface area contributed by atoms with Gasteiger partial charge in [0.2, 0.25) is 10.0 Å². The van der Waals surface area contributed by atoms with Gasteiger partial charge in [-0.05, 0) is 50.6 Å². The van der Waals surface area contributed by atoms with Crippen molar-refractivity contribution < 1.29 is 17.2 Å². The Hall–Kier alpha value is -1.86. The zero-order valence-corrected chi connectivity index (χ0v) is 12.8. The number of benzene rings is 1. The molecule has 0 saturated carbocycles. The molecule has 0 aliphatic rings. The van der Waals surface area contributed by atoms with Gasteiger partial charge in [-0.25, -0.2) is 17.5 Å². The van der Waals surface area contributed by atoms with E-state index < -0.39 is 21.9 Å². The summed E-state index contributed by atoms with van der Waals surface area (Å²) in [4.78, 5) is -0.0750. The molecule has 3 N–H and O–H groups in total. The van der Waals surface area contributed by atoms with Gasteiger partial charge < -0.3 is 10.2 Å². The minimum Gasteiger partial charge on any atom is -0.465 e. The van der Waals surface area contributed by atoms with E-state index in [9.17, 15) is 12.8 Å². The lowest BCUT2D eigenvalue weighted by atomic mass is 10.2. The van der Waals surface area contributed by atoms with Crippen LogP contribution in [-0.2, 0) is 10.0 Å². The number of hydrogen-bond acceptors (Lipinski definition) is 4. The highest BCUT2D eigenvalue weighted by molar-refractivity contribution is 7.89. The molecule has 0 saturated heterocycles. The van der Waals surface area contributed by atoms with Gasteiger partial charge in [0.15, 0.2) is 0 Å². The van der Waals surface area contributed by atoms with E-state index in [1.165, 1.54) is 13.0 Å². The Morgan fingerprint density at radius 2 is 1.95 bits per heavy atom. The first-order valence-electron chi connectivity index (χ1n) is 6.35. The van der Waals surface area contributed by atoms with Gasteiger partial charge in [-0.15, -0.1) is 0 Å². The Bertz CT molecular complexity index is 745. The first-order valence-corrected chi connectivity index (χ1v) is 7.83. The quantitative estimate of drug-likeness (QED) is 0.850. The normalized spacial score (nSPS) is 13.3. The summed E-state index contributed by atoms with van der Waals surface area (Å²) in [5.41, 5.74) is 5.46. The molecule has 21 heavy (non-hydrogen) atoms. The molecule has 0 radical (unpaired) electrons. The molecule has 0 spiro atoms. The number of hydrogen-bond donors (Lipinski definition) is 2. The molecule has 1 unspecified atom stereocenters. The second-order valence-electron chi connectivity index (χ2n) is 4.93. The number of furan rings is 1. The van der Waals surface area contributed by atoms with Crippen molar-refractivity contribution in [3.63, 3.8) is 0 Å². The van der Waals surface area contributed by atoms with Crippen LogP contribution in [0.4, 0.5) is 10.1 Å². The average molecular weight is 312 g/mol. The highest BCUT2D eigenvalue weighted by atomic mass is 32.2. The molecule has 5 nitrogen and oxygen atoms in total. The van der Waals surface area contributed by atoms with Crippen LogP contribution >= 0.6 is 0 Å². The van der Waals surface area contributed by atoms with Crippen LogP contribution in [0.15, 0.2) is 33.6 Å². The smallest absolute Gasteiger partial charge is 0.241 e. The van der Waals surface area contributed by atoms with Crippen LogP contribution in [0.3, 0.4) is 0 Å². The Kier molecular flexibility index (Phi) is 4.06. The topological polar surface area (TPSA) is 85.3 Å². The predicted molar refractivity (Wildman–Crippen MR) is 77.7 cm³/mol. The van der Waals surface area contributed by atoms with Gasteiger partial charge in [0.1, 0.15) is 17.3 Å². The second kappa shape index (κ2) is 5.50. The van der Waals surface area contributed by atoms with Crippen molar-refractivity contribution in [2.45, 2.75) is 31.7 Å². The molecule has 7 heteroatoms. The summed E-state index contributed by atoms with van der Waals surface area (Å²) < 4.78 is 45.9. The Morgan fingerprint density at radius 1 is 1.29 bits per heavy atom. The van der Waals surface area contributed by atoms with Gasteiger partial charge in [0.05, 0.1) is 16.6 Å². The van der Waals surface area contributed by atoms with E-state index in [0.717, 1.165) is 6.07 Å². The number of nitrogens with two attached hydrogens (primary N) is 1. The third-order valence-electron chi connectivity index (χ3n) is 3.09. The van der Waals surface area contributed by atoms with Crippen LogP contribution in [0, 0.1) is 19.7 Å². The minimum atomic E-state index is -3.82. The van der Waals surface area contributed by atoms with Gasteiger partial charge >= 0.3 is 0 Å². The number of anilines is 1. The van der Waals surface area contributed by atoms with Crippen LogP contribution in [0.1, 0.15) is 30.0 Å². The summed E-state index contributed by atoms with van der Waals surface area (Å²) in [6.45, 7) is 4.90. The SMILES string of the molecule is Cc1ccc(C(C)NS(=O)(=O)c2cc(C)c(F)c(N)c2)o1. The molecule has 1 atom stereocenters. The van der Waals surface area contributed by atoms with E-state index >= 15 is 0 Å². The minimum absolute atomic E-state index is 0.0750. The molecule has 1 aromatic heterocycles. The van der Waals surface area contributed by atoms with E-state index in [0.29, 0.717) is 11.5 Å². The summed E-state index contributed by atoms with van der Waals surface area (Å²) in [5, 5.41) is 0. The largest absolute Gasteiger partial charge is 0.465 e.